The van der Waals surface area contributed by atoms with Gasteiger partial charge in [-0.2, -0.15) is 0 Å². The molecule has 148 valence electrons. The Hall–Kier alpha value is -3.25. The van der Waals surface area contributed by atoms with Gasteiger partial charge in [0.1, 0.15) is 5.82 Å². The maximum absolute atomic E-state index is 11.7. The number of hydrogen-bond donors (Lipinski definition) is 1. The highest BCUT2D eigenvalue weighted by Crippen LogP contribution is 2.25. The van der Waals surface area contributed by atoms with Crippen molar-refractivity contribution in [3.8, 4) is 11.4 Å². The number of aromatic nitrogens is 2. The molecule has 1 aliphatic heterocycles. The van der Waals surface area contributed by atoms with Gasteiger partial charge in [0.15, 0.2) is 11.6 Å². The van der Waals surface area contributed by atoms with Crippen LogP contribution in [0.3, 0.4) is 0 Å². The summed E-state index contributed by atoms with van der Waals surface area (Å²) in [6, 6.07) is 15.7. The first-order valence-electron chi connectivity index (χ1n) is 9.75. The van der Waals surface area contributed by atoms with Gasteiger partial charge in [-0.1, -0.05) is 18.2 Å². The molecule has 2 heterocycles. The number of anilines is 3. The number of hydrogen-bond acceptors (Lipinski definition) is 6. The van der Waals surface area contributed by atoms with E-state index in [1.807, 2.05) is 25.1 Å². The number of benzene rings is 2. The van der Waals surface area contributed by atoms with E-state index in [1.54, 1.807) is 19.2 Å². The molecule has 0 saturated carbocycles. The van der Waals surface area contributed by atoms with Crippen molar-refractivity contribution in [1.82, 2.24) is 9.97 Å². The summed E-state index contributed by atoms with van der Waals surface area (Å²) in [5, 5.41) is 3.39. The number of nitrogens with one attached hydrogen (secondary N) is 1. The van der Waals surface area contributed by atoms with Gasteiger partial charge in [0, 0.05) is 47.4 Å². The summed E-state index contributed by atoms with van der Waals surface area (Å²) in [5.74, 6) is 1.37. The van der Waals surface area contributed by atoms with Crippen LogP contribution in [0.4, 0.5) is 17.2 Å². The number of morpholine rings is 1. The van der Waals surface area contributed by atoms with E-state index in [-0.39, 0.29) is 5.78 Å². The summed E-state index contributed by atoms with van der Waals surface area (Å²) in [4.78, 5) is 23.1. The van der Waals surface area contributed by atoms with Crippen LogP contribution in [-0.2, 0) is 4.74 Å². The van der Waals surface area contributed by atoms with Crippen molar-refractivity contribution in [1.29, 1.82) is 0 Å². The normalized spacial score (nSPS) is 13.9. The van der Waals surface area contributed by atoms with Crippen molar-refractivity contribution in [3.05, 3.63) is 65.9 Å². The molecule has 1 fully saturated rings. The van der Waals surface area contributed by atoms with Crippen LogP contribution in [0.2, 0.25) is 0 Å². The molecule has 0 bridgehead atoms. The van der Waals surface area contributed by atoms with Crippen LogP contribution in [-0.4, -0.2) is 42.1 Å². The first kappa shape index (κ1) is 19.1. The minimum atomic E-state index is 0.0256. The molecule has 0 radical (unpaired) electrons. The zero-order chi connectivity index (χ0) is 20.2. The predicted molar refractivity (Wildman–Crippen MR) is 115 cm³/mol. The van der Waals surface area contributed by atoms with Gasteiger partial charge in [-0.15, -0.1) is 0 Å². The van der Waals surface area contributed by atoms with E-state index in [4.69, 9.17) is 9.72 Å². The molecular weight excluding hydrogens is 364 g/mol. The van der Waals surface area contributed by atoms with Crippen LogP contribution >= 0.6 is 0 Å². The molecule has 2 aromatic carbocycles. The molecule has 0 unspecified atom stereocenters. The van der Waals surface area contributed by atoms with Gasteiger partial charge in [-0.05, 0) is 44.2 Å². The Balaban J connectivity index is 1.55. The predicted octanol–water partition coefficient (Wildman–Crippen LogP) is 4.23. The lowest BCUT2D eigenvalue weighted by Crippen LogP contribution is -2.36. The maximum atomic E-state index is 11.7. The van der Waals surface area contributed by atoms with Gasteiger partial charge in [0.05, 0.1) is 13.2 Å². The van der Waals surface area contributed by atoms with E-state index in [2.05, 4.69) is 39.5 Å². The van der Waals surface area contributed by atoms with Crippen molar-refractivity contribution in [2.45, 2.75) is 13.8 Å². The largest absolute Gasteiger partial charge is 0.378 e. The van der Waals surface area contributed by atoms with Crippen LogP contribution < -0.4 is 10.2 Å². The summed E-state index contributed by atoms with van der Waals surface area (Å²) in [6.45, 7) is 6.91. The highest BCUT2D eigenvalue weighted by molar-refractivity contribution is 5.95. The van der Waals surface area contributed by atoms with Crippen molar-refractivity contribution in [2.75, 3.05) is 36.5 Å². The first-order chi connectivity index (χ1) is 14.1. The molecule has 1 saturated heterocycles. The Morgan fingerprint density at radius 1 is 1.10 bits per heavy atom. The number of nitrogens with zero attached hydrogens (tertiary/aromatic N) is 3. The van der Waals surface area contributed by atoms with Crippen LogP contribution in [0.15, 0.2) is 54.7 Å². The van der Waals surface area contributed by atoms with E-state index in [0.29, 0.717) is 11.4 Å². The number of aryl methyl sites for hydroxylation is 1. The quantitative estimate of drug-likeness (QED) is 0.660. The third kappa shape index (κ3) is 4.43. The van der Waals surface area contributed by atoms with Crippen LogP contribution in [0, 0.1) is 6.92 Å². The van der Waals surface area contributed by atoms with Gasteiger partial charge in [-0.3, -0.25) is 4.79 Å². The zero-order valence-electron chi connectivity index (χ0n) is 16.7. The standard InChI is InChI=1S/C23H24N4O2/c1-16-15-24-23(19-5-3-4-18(14-19)17(2)28)26-22(16)25-20-6-8-21(9-7-20)27-10-12-29-13-11-27/h3-9,14-15H,10-13H2,1-2H3,(H,24,25,26). The molecule has 6 heteroatoms. The van der Waals surface area contributed by atoms with E-state index < -0.39 is 0 Å². The molecule has 0 atom stereocenters. The number of carbonyl (C=O) groups excluding carboxylic acids is 1. The Labute approximate surface area is 170 Å². The monoisotopic (exact) mass is 388 g/mol. The molecule has 1 aliphatic rings. The molecule has 4 rings (SSSR count). The van der Waals surface area contributed by atoms with E-state index in [0.717, 1.165) is 48.9 Å². The maximum Gasteiger partial charge on any atom is 0.161 e. The second-order valence-electron chi connectivity index (χ2n) is 7.13. The van der Waals surface area contributed by atoms with Gasteiger partial charge in [0.2, 0.25) is 0 Å². The van der Waals surface area contributed by atoms with Crippen molar-refractivity contribution in [2.24, 2.45) is 0 Å². The van der Waals surface area contributed by atoms with Gasteiger partial charge in [-0.25, -0.2) is 9.97 Å². The van der Waals surface area contributed by atoms with Crippen molar-refractivity contribution in [3.63, 3.8) is 0 Å². The zero-order valence-corrected chi connectivity index (χ0v) is 16.7. The molecule has 0 aliphatic carbocycles. The number of rotatable bonds is 5. The van der Waals surface area contributed by atoms with E-state index >= 15 is 0 Å². The van der Waals surface area contributed by atoms with Crippen LogP contribution in [0.25, 0.3) is 11.4 Å². The van der Waals surface area contributed by atoms with Gasteiger partial charge in [0.25, 0.3) is 0 Å². The number of carbonyl (C=O) groups is 1. The van der Waals surface area contributed by atoms with Crippen LogP contribution in [0.5, 0.6) is 0 Å². The summed E-state index contributed by atoms with van der Waals surface area (Å²) in [5.41, 5.74) is 4.59. The van der Waals surface area contributed by atoms with Crippen molar-refractivity contribution < 1.29 is 9.53 Å². The molecule has 3 aromatic rings. The molecule has 29 heavy (non-hydrogen) atoms. The number of ketones is 1. The molecular formula is C23H24N4O2. The Bertz CT molecular complexity index is 1010. The summed E-state index contributed by atoms with van der Waals surface area (Å²) in [6.07, 6.45) is 1.80. The smallest absolute Gasteiger partial charge is 0.161 e. The minimum absolute atomic E-state index is 0.0256. The second-order valence-corrected chi connectivity index (χ2v) is 7.13. The molecule has 0 spiro atoms. The summed E-state index contributed by atoms with van der Waals surface area (Å²) >= 11 is 0. The lowest BCUT2D eigenvalue weighted by Gasteiger charge is -2.28. The molecule has 1 N–H and O–H groups in total. The number of Topliss-reactive ketones (excluding diaryl/α,β-unsaturated/α-hetero) is 1. The molecule has 6 nitrogen and oxygen atoms in total. The highest BCUT2D eigenvalue weighted by Gasteiger charge is 2.12. The van der Waals surface area contributed by atoms with Crippen molar-refractivity contribution >= 4 is 23.0 Å². The minimum Gasteiger partial charge on any atom is -0.378 e. The highest BCUT2D eigenvalue weighted by atomic mass is 16.5. The fourth-order valence-corrected chi connectivity index (χ4v) is 3.30. The average molecular weight is 388 g/mol. The number of ether oxygens (including phenoxy) is 1. The van der Waals surface area contributed by atoms with Crippen LogP contribution in [0.1, 0.15) is 22.8 Å². The summed E-state index contributed by atoms with van der Waals surface area (Å²) in [7, 11) is 0. The van der Waals surface area contributed by atoms with Gasteiger partial charge < -0.3 is 15.0 Å². The van der Waals surface area contributed by atoms with E-state index in [9.17, 15) is 4.79 Å². The molecule has 1 aromatic heterocycles. The SMILES string of the molecule is CC(=O)c1cccc(-c2ncc(C)c(Nc3ccc(N4CCOCC4)cc3)n2)c1. The Morgan fingerprint density at radius 2 is 1.86 bits per heavy atom. The third-order valence-electron chi connectivity index (χ3n) is 5.01. The topological polar surface area (TPSA) is 67.4 Å². The fourth-order valence-electron chi connectivity index (χ4n) is 3.30. The summed E-state index contributed by atoms with van der Waals surface area (Å²) < 4.78 is 5.42. The lowest BCUT2D eigenvalue weighted by atomic mass is 10.1. The first-order valence-corrected chi connectivity index (χ1v) is 9.75. The third-order valence-corrected chi connectivity index (χ3v) is 5.01. The Morgan fingerprint density at radius 3 is 2.59 bits per heavy atom. The lowest BCUT2D eigenvalue weighted by molar-refractivity contribution is 0.101. The fraction of sp³-hybridized carbons (Fsp3) is 0.261. The average Bonchev–Trinajstić information content (AvgIpc) is 2.76. The van der Waals surface area contributed by atoms with Gasteiger partial charge >= 0.3 is 0 Å². The Kier molecular flexibility index (Phi) is 5.53. The molecule has 0 amide bonds. The van der Waals surface area contributed by atoms with E-state index in [1.165, 1.54) is 5.69 Å². The second kappa shape index (κ2) is 8.41.